The number of unbranched alkanes of at least 4 members (excludes halogenated alkanes) is 2. The van der Waals surface area contributed by atoms with Gasteiger partial charge in [0.2, 0.25) is 10.0 Å². The molecule has 1 fully saturated rings. The molecule has 6 nitrogen and oxygen atoms in total. The van der Waals surface area contributed by atoms with Crippen LogP contribution in [0.25, 0.3) is 0 Å². The highest BCUT2D eigenvalue weighted by atomic mass is 32.2. The molecule has 7 heteroatoms. The van der Waals surface area contributed by atoms with Crippen molar-refractivity contribution in [1.82, 2.24) is 10.0 Å². The summed E-state index contributed by atoms with van der Waals surface area (Å²) in [5.74, 6) is 0.349. The van der Waals surface area contributed by atoms with Crippen LogP contribution in [-0.2, 0) is 14.8 Å². The molecule has 0 spiro atoms. The lowest BCUT2D eigenvalue weighted by atomic mass is 9.95. The van der Waals surface area contributed by atoms with Gasteiger partial charge in [0.25, 0.3) is 5.91 Å². The predicted molar refractivity (Wildman–Crippen MR) is 106 cm³/mol. The van der Waals surface area contributed by atoms with Crippen molar-refractivity contribution in [3.05, 3.63) is 24.3 Å². The first-order valence-electron chi connectivity index (χ1n) is 9.99. The van der Waals surface area contributed by atoms with Gasteiger partial charge < -0.3 is 10.1 Å². The summed E-state index contributed by atoms with van der Waals surface area (Å²) in [6.07, 6.45) is 7.83. The van der Waals surface area contributed by atoms with Crippen LogP contribution in [0.3, 0.4) is 0 Å². The number of rotatable bonds is 10. The summed E-state index contributed by atoms with van der Waals surface area (Å²) < 4.78 is 32.8. The molecule has 27 heavy (non-hydrogen) atoms. The van der Waals surface area contributed by atoms with Crippen LogP contribution < -0.4 is 14.8 Å². The number of carbonyl (C=O) groups is 1. The first-order valence-corrected chi connectivity index (χ1v) is 11.5. The van der Waals surface area contributed by atoms with Gasteiger partial charge in [0.15, 0.2) is 6.10 Å². The minimum atomic E-state index is -3.51. The fourth-order valence-electron chi connectivity index (χ4n) is 3.19. The maximum Gasteiger partial charge on any atom is 0.260 e. The van der Waals surface area contributed by atoms with Crippen LogP contribution in [0.2, 0.25) is 0 Å². The summed E-state index contributed by atoms with van der Waals surface area (Å²) in [5, 5.41) is 3.04. The Morgan fingerprint density at radius 3 is 2.44 bits per heavy atom. The van der Waals surface area contributed by atoms with Gasteiger partial charge in [-0.3, -0.25) is 4.79 Å². The van der Waals surface area contributed by atoms with Crippen molar-refractivity contribution in [2.45, 2.75) is 82.3 Å². The molecule has 1 aliphatic rings. The molecule has 0 aliphatic heterocycles. The van der Waals surface area contributed by atoms with E-state index < -0.39 is 16.1 Å². The molecule has 1 atom stereocenters. The van der Waals surface area contributed by atoms with Crippen LogP contribution in [0.4, 0.5) is 0 Å². The Labute approximate surface area is 163 Å². The number of benzene rings is 1. The summed E-state index contributed by atoms with van der Waals surface area (Å²) in [5.41, 5.74) is 0. The molecule has 1 aromatic rings. The molecular weight excluding hydrogens is 364 g/mol. The molecule has 1 aromatic carbocycles. The zero-order valence-electron chi connectivity index (χ0n) is 16.4. The van der Waals surface area contributed by atoms with Crippen molar-refractivity contribution in [2.24, 2.45) is 0 Å². The average molecular weight is 397 g/mol. The first-order chi connectivity index (χ1) is 12.9. The number of hydrogen-bond donors (Lipinski definition) is 2. The molecule has 0 bridgehead atoms. The van der Waals surface area contributed by atoms with E-state index in [0.717, 1.165) is 44.9 Å². The van der Waals surface area contributed by atoms with Gasteiger partial charge >= 0.3 is 0 Å². The van der Waals surface area contributed by atoms with Crippen molar-refractivity contribution < 1.29 is 17.9 Å². The van der Waals surface area contributed by atoms with Gasteiger partial charge in [-0.25, -0.2) is 13.1 Å². The third-order valence-corrected chi connectivity index (χ3v) is 6.32. The van der Waals surface area contributed by atoms with Crippen LogP contribution in [0.5, 0.6) is 5.75 Å². The molecular formula is C20H32N2O4S. The molecule has 0 saturated heterocycles. The Balaban J connectivity index is 1.85. The monoisotopic (exact) mass is 396 g/mol. The topological polar surface area (TPSA) is 84.5 Å². The van der Waals surface area contributed by atoms with Gasteiger partial charge in [0.1, 0.15) is 5.75 Å². The summed E-state index contributed by atoms with van der Waals surface area (Å²) in [6, 6.07) is 6.42. The smallest absolute Gasteiger partial charge is 0.260 e. The highest BCUT2D eigenvalue weighted by Crippen LogP contribution is 2.19. The summed E-state index contributed by atoms with van der Waals surface area (Å²) in [4.78, 5) is 12.5. The van der Waals surface area contributed by atoms with Crippen molar-refractivity contribution in [2.75, 3.05) is 6.54 Å². The van der Waals surface area contributed by atoms with Crippen LogP contribution in [0, 0.1) is 0 Å². The average Bonchev–Trinajstić information content (AvgIpc) is 2.66. The second-order valence-corrected chi connectivity index (χ2v) is 8.95. The van der Waals surface area contributed by atoms with Gasteiger partial charge in [-0.2, -0.15) is 0 Å². The number of sulfonamides is 1. The molecule has 1 amide bonds. The molecule has 2 rings (SSSR count). The maximum atomic E-state index is 12.3. The van der Waals surface area contributed by atoms with Gasteiger partial charge in [-0.05, 0) is 50.5 Å². The van der Waals surface area contributed by atoms with E-state index in [1.165, 1.54) is 18.6 Å². The third kappa shape index (κ3) is 7.14. The largest absolute Gasteiger partial charge is 0.481 e. The van der Waals surface area contributed by atoms with Gasteiger partial charge in [0, 0.05) is 12.6 Å². The number of ether oxygens (including phenoxy) is 1. The Morgan fingerprint density at radius 1 is 1.15 bits per heavy atom. The molecule has 0 heterocycles. The van der Waals surface area contributed by atoms with E-state index in [4.69, 9.17) is 4.74 Å². The fraction of sp³-hybridized carbons (Fsp3) is 0.650. The van der Waals surface area contributed by atoms with Crippen LogP contribution in [-0.4, -0.2) is 33.0 Å². The van der Waals surface area contributed by atoms with Crippen LogP contribution in [0.15, 0.2) is 29.2 Å². The highest BCUT2D eigenvalue weighted by Gasteiger charge is 2.21. The molecule has 1 aliphatic carbocycles. The molecule has 2 N–H and O–H groups in total. The van der Waals surface area contributed by atoms with Gasteiger partial charge in [0.05, 0.1) is 4.90 Å². The van der Waals surface area contributed by atoms with E-state index >= 15 is 0 Å². The predicted octanol–water partition coefficient (Wildman–Crippen LogP) is 3.37. The van der Waals surface area contributed by atoms with Gasteiger partial charge in [-0.1, -0.05) is 39.0 Å². The van der Waals surface area contributed by atoms with E-state index in [1.807, 2.05) is 0 Å². The van der Waals surface area contributed by atoms with Crippen LogP contribution in [0.1, 0.15) is 65.2 Å². The number of carbonyl (C=O) groups excluding carboxylic acids is 1. The third-order valence-electron chi connectivity index (χ3n) is 4.84. The summed E-state index contributed by atoms with van der Waals surface area (Å²) in [7, 11) is -3.51. The van der Waals surface area contributed by atoms with Crippen molar-refractivity contribution in [3.8, 4) is 5.75 Å². The van der Waals surface area contributed by atoms with E-state index in [0.29, 0.717) is 12.3 Å². The molecule has 1 saturated carbocycles. The first kappa shape index (κ1) is 21.7. The van der Waals surface area contributed by atoms with Crippen molar-refractivity contribution in [3.63, 3.8) is 0 Å². The van der Waals surface area contributed by atoms with E-state index in [2.05, 4.69) is 17.0 Å². The quantitative estimate of drug-likeness (QED) is 0.594. The van der Waals surface area contributed by atoms with E-state index in [1.54, 1.807) is 19.1 Å². The molecule has 0 aromatic heterocycles. The lowest BCUT2D eigenvalue weighted by Gasteiger charge is -2.24. The zero-order chi connectivity index (χ0) is 19.7. The minimum absolute atomic E-state index is 0.129. The number of hydrogen-bond acceptors (Lipinski definition) is 4. The second kappa shape index (κ2) is 10.7. The van der Waals surface area contributed by atoms with E-state index in [-0.39, 0.29) is 16.8 Å². The molecule has 0 radical (unpaired) electrons. The Hall–Kier alpha value is -1.60. The summed E-state index contributed by atoms with van der Waals surface area (Å²) >= 11 is 0. The van der Waals surface area contributed by atoms with Crippen LogP contribution >= 0.6 is 0 Å². The standard InChI is InChI=1S/C20H32N2O4S/c1-3-4-8-15-21-27(24,25)19-13-11-18(12-14-19)26-16(2)20(23)22-17-9-6-5-7-10-17/h11-14,16-17,21H,3-10,15H2,1-2H3,(H,22,23)/t16-/m1/s1. The number of nitrogens with one attached hydrogen (secondary N) is 2. The Morgan fingerprint density at radius 2 is 1.81 bits per heavy atom. The SMILES string of the molecule is CCCCCNS(=O)(=O)c1ccc(O[C@H](C)C(=O)NC2CCCCC2)cc1. The molecule has 0 unspecified atom stereocenters. The number of amides is 1. The van der Waals surface area contributed by atoms with Crippen molar-refractivity contribution >= 4 is 15.9 Å². The Bertz CT molecular complexity index is 682. The Kier molecular flexibility index (Phi) is 8.57. The summed E-state index contributed by atoms with van der Waals surface area (Å²) in [6.45, 7) is 4.22. The zero-order valence-corrected chi connectivity index (χ0v) is 17.2. The molecule has 152 valence electrons. The fourth-order valence-corrected chi connectivity index (χ4v) is 4.26. The van der Waals surface area contributed by atoms with Crippen molar-refractivity contribution in [1.29, 1.82) is 0 Å². The minimum Gasteiger partial charge on any atom is -0.481 e. The normalized spacial score (nSPS) is 16.7. The highest BCUT2D eigenvalue weighted by molar-refractivity contribution is 7.89. The lowest BCUT2D eigenvalue weighted by molar-refractivity contribution is -0.128. The lowest BCUT2D eigenvalue weighted by Crippen LogP contribution is -2.43. The van der Waals surface area contributed by atoms with Gasteiger partial charge in [-0.15, -0.1) is 0 Å². The second-order valence-electron chi connectivity index (χ2n) is 7.18. The van der Waals surface area contributed by atoms with E-state index in [9.17, 15) is 13.2 Å². The maximum absolute atomic E-state index is 12.3.